The highest BCUT2D eigenvalue weighted by molar-refractivity contribution is 7.94. The van der Waals surface area contributed by atoms with E-state index in [1.54, 1.807) is 6.07 Å². The van der Waals surface area contributed by atoms with Gasteiger partial charge in [-0.2, -0.15) is 8.42 Å². The molecule has 0 saturated heterocycles. The molecule has 28 heavy (non-hydrogen) atoms. The van der Waals surface area contributed by atoms with E-state index in [0.29, 0.717) is 5.69 Å². The minimum Gasteiger partial charge on any atom is -0.341 e. The minimum absolute atomic E-state index is 0.134. The fourth-order valence-corrected chi connectivity index (χ4v) is 5.17. The number of sulfonamides is 1. The molecule has 1 amide bonds. The molecule has 0 aliphatic heterocycles. The summed E-state index contributed by atoms with van der Waals surface area (Å²) in [7, 11) is -3.91. The molecule has 0 unspecified atom stereocenters. The van der Waals surface area contributed by atoms with Gasteiger partial charge in [0.15, 0.2) is 0 Å². The van der Waals surface area contributed by atoms with Crippen LogP contribution in [0, 0.1) is 0 Å². The van der Waals surface area contributed by atoms with Gasteiger partial charge in [0.1, 0.15) is 0 Å². The third kappa shape index (κ3) is 3.20. The number of carbonyl (C=O) groups excluding carboxylic acids is 1. The Morgan fingerprint density at radius 3 is 2.61 bits per heavy atom. The van der Waals surface area contributed by atoms with Crippen LogP contribution in [-0.2, 0) is 21.4 Å². The lowest BCUT2D eigenvalue weighted by atomic mass is 10.1. The van der Waals surface area contributed by atoms with Crippen LogP contribution in [0.2, 0.25) is 0 Å². The summed E-state index contributed by atoms with van der Waals surface area (Å²) < 4.78 is 29.8. The second kappa shape index (κ2) is 6.88. The van der Waals surface area contributed by atoms with Crippen LogP contribution in [0.25, 0.3) is 21.8 Å². The average molecular weight is 416 g/mol. The predicted molar refractivity (Wildman–Crippen MR) is 110 cm³/mol. The zero-order chi connectivity index (χ0) is 19.9. The topological polar surface area (TPSA) is 106 Å². The van der Waals surface area contributed by atoms with Crippen LogP contribution in [-0.4, -0.2) is 29.1 Å². The van der Waals surface area contributed by atoms with E-state index in [9.17, 15) is 13.2 Å². The molecule has 0 aliphatic carbocycles. The molecule has 2 aromatic heterocycles. The second-order valence-electron chi connectivity index (χ2n) is 6.15. The van der Waals surface area contributed by atoms with E-state index < -0.39 is 10.0 Å². The molecule has 0 radical (unpaired) electrons. The molecule has 10 heteroatoms. The van der Waals surface area contributed by atoms with Crippen LogP contribution >= 0.6 is 11.3 Å². The monoisotopic (exact) mass is 415 g/mol. The predicted octanol–water partition coefficient (Wildman–Crippen LogP) is 3.43. The first kappa shape index (κ1) is 18.4. The van der Waals surface area contributed by atoms with E-state index in [1.165, 1.54) is 6.92 Å². The Bertz CT molecular complexity index is 1310. The Labute approximate surface area is 165 Å². The number of aromatic nitrogens is 3. The molecule has 2 heterocycles. The van der Waals surface area contributed by atoms with Crippen LogP contribution in [0.1, 0.15) is 13.8 Å². The highest BCUT2D eigenvalue weighted by Crippen LogP contribution is 2.32. The van der Waals surface area contributed by atoms with Gasteiger partial charge in [-0.25, -0.2) is 0 Å². The van der Waals surface area contributed by atoms with Crippen LogP contribution < -0.4 is 10.0 Å². The van der Waals surface area contributed by atoms with E-state index in [2.05, 4.69) is 31.7 Å². The first-order chi connectivity index (χ1) is 13.4. The van der Waals surface area contributed by atoms with Crippen molar-refractivity contribution in [1.29, 1.82) is 0 Å². The molecule has 2 aromatic carbocycles. The van der Waals surface area contributed by atoms with Gasteiger partial charge in [-0.1, -0.05) is 29.5 Å². The smallest absolute Gasteiger partial charge is 0.291 e. The van der Waals surface area contributed by atoms with E-state index in [0.717, 1.165) is 39.7 Å². The molecule has 0 bridgehead atoms. The first-order valence-electron chi connectivity index (χ1n) is 8.54. The summed E-state index contributed by atoms with van der Waals surface area (Å²) in [5, 5.41) is 11.9. The lowest BCUT2D eigenvalue weighted by Gasteiger charge is -2.06. The summed E-state index contributed by atoms with van der Waals surface area (Å²) in [6.07, 6.45) is 0. The summed E-state index contributed by atoms with van der Waals surface area (Å²) >= 11 is 0.793. The standard InChI is InChI=1S/C18H17N5O3S2/c1-3-23-15-7-5-4-6-13(15)14-10-12(8-9-16(14)23)22-28(25,26)18-21-20-17(27-18)19-11(2)24/h4-10,22H,3H2,1-2H3,(H,19,20,24). The molecule has 0 fully saturated rings. The second-order valence-corrected chi connectivity index (χ2v) is 8.99. The van der Waals surface area contributed by atoms with Gasteiger partial charge in [0.25, 0.3) is 14.4 Å². The number of benzene rings is 2. The van der Waals surface area contributed by atoms with Gasteiger partial charge in [-0.15, -0.1) is 10.2 Å². The number of rotatable bonds is 5. The highest BCUT2D eigenvalue weighted by Gasteiger charge is 2.21. The fourth-order valence-electron chi connectivity index (χ4n) is 3.18. The molecule has 0 spiro atoms. The Balaban J connectivity index is 1.72. The lowest BCUT2D eigenvalue weighted by Crippen LogP contribution is -2.12. The number of carbonyl (C=O) groups is 1. The molecule has 0 saturated carbocycles. The Hall–Kier alpha value is -2.98. The third-order valence-electron chi connectivity index (χ3n) is 4.26. The number of hydrogen-bond donors (Lipinski definition) is 2. The van der Waals surface area contributed by atoms with E-state index >= 15 is 0 Å². The number of nitrogens with one attached hydrogen (secondary N) is 2. The molecule has 2 N–H and O–H groups in total. The number of fused-ring (bicyclic) bond motifs is 3. The zero-order valence-electron chi connectivity index (χ0n) is 15.1. The number of para-hydroxylation sites is 1. The number of anilines is 2. The van der Waals surface area contributed by atoms with Crippen molar-refractivity contribution in [1.82, 2.24) is 14.8 Å². The Morgan fingerprint density at radius 1 is 1.11 bits per heavy atom. The van der Waals surface area contributed by atoms with Gasteiger partial charge in [-0.05, 0) is 31.2 Å². The summed E-state index contributed by atoms with van der Waals surface area (Å²) in [6, 6.07) is 13.5. The lowest BCUT2D eigenvalue weighted by molar-refractivity contribution is -0.114. The van der Waals surface area contributed by atoms with Crippen molar-refractivity contribution < 1.29 is 13.2 Å². The van der Waals surface area contributed by atoms with Crippen molar-refractivity contribution >= 4 is 59.9 Å². The molecular weight excluding hydrogens is 398 g/mol. The number of nitrogens with zero attached hydrogens (tertiary/aromatic N) is 3. The van der Waals surface area contributed by atoms with Gasteiger partial charge < -0.3 is 9.88 Å². The van der Waals surface area contributed by atoms with Gasteiger partial charge in [0, 0.05) is 41.0 Å². The first-order valence-corrected chi connectivity index (χ1v) is 10.8. The third-order valence-corrected chi connectivity index (χ3v) is 6.85. The van der Waals surface area contributed by atoms with Gasteiger partial charge >= 0.3 is 0 Å². The number of amides is 1. The van der Waals surface area contributed by atoms with Crippen molar-refractivity contribution in [3.63, 3.8) is 0 Å². The highest BCUT2D eigenvalue weighted by atomic mass is 32.2. The van der Waals surface area contributed by atoms with Crippen LogP contribution in [0.3, 0.4) is 0 Å². The fraction of sp³-hybridized carbons (Fsp3) is 0.167. The quantitative estimate of drug-likeness (QED) is 0.486. The van der Waals surface area contributed by atoms with Gasteiger partial charge in [0.05, 0.1) is 0 Å². The molecular formula is C18H17N5O3S2. The molecule has 0 atom stereocenters. The molecule has 4 rings (SSSR count). The van der Waals surface area contributed by atoms with E-state index in [1.807, 2.05) is 36.4 Å². The largest absolute Gasteiger partial charge is 0.341 e. The van der Waals surface area contributed by atoms with Gasteiger partial charge in [-0.3, -0.25) is 9.52 Å². The summed E-state index contributed by atoms with van der Waals surface area (Å²) in [4.78, 5) is 11.1. The van der Waals surface area contributed by atoms with Crippen molar-refractivity contribution in [2.24, 2.45) is 0 Å². The molecule has 0 aliphatic rings. The number of aryl methyl sites for hydroxylation is 1. The summed E-state index contributed by atoms with van der Waals surface area (Å²) in [5.41, 5.74) is 2.57. The Morgan fingerprint density at radius 2 is 1.86 bits per heavy atom. The Kier molecular flexibility index (Phi) is 4.52. The van der Waals surface area contributed by atoms with Crippen molar-refractivity contribution in [3.05, 3.63) is 42.5 Å². The molecule has 8 nitrogen and oxygen atoms in total. The maximum absolute atomic E-state index is 12.6. The molecule has 4 aromatic rings. The normalized spacial score (nSPS) is 11.8. The van der Waals surface area contributed by atoms with Crippen LogP contribution in [0.4, 0.5) is 10.8 Å². The summed E-state index contributed by atoms with van der Waals surface area (Å²) in [5.74, 6) is -0.342. The minimum atomic E-state index is -3.91. The van der Waals surface area contributed by atoms with Crippen LogP contribution in [0.5, 0.6) is 0 Å². The van der Waals surface area contributed by atoms with Gasteiger partial charge in [0.2, 0.25) is 11.0 Å². The van der Waals surface area contributed by atoms with Crippen molar-refractivity contribution in [3.8, 4) is 0 Å². The number of hydrogen-bond acceptors (Lipinski definition) is 6. The summed E-state index contributed by atoms with van der Waals surface area (Å²) in [6.45, 7) is 4.20. The van der Waals surface area contributed by atoms with Crippen LogP contribution in [0.15, 0.2) is 46.8 Å². The zero-order valence-corrected chi connectivity index (χ0v) is 16.8. The molecule has 144 valence electrons. The van der Waals surface area contributed by atoms with E-state index in [-0.39, 0.29) is 15.4 Å². The maximum atomic E-state index is 12.6. The van der Waals surface area contributed by atoms with Crippen molar-refractivity contribution in [2.45, 2.75) is 24.7 Å². The SMILES string of the molecule is CCn1c2ccccc2c2cc(NS(=O)(=O)c3nnc(NC(C)=O)s3)ccc21. The van der Waals surface area contributed by atoms with Crippen molar-refractivity contribution in [2.75, 3.05) is 10.0 Å². The maximum Gasteiger partial charge on any atom is 0.291 e. The average Bonchev–Trinajstić information content (AvgIpc) is 3.23. The van der Waals surface area contributed by atoms with E-state index in [4.69, 9.17) is 0 Å².